The van der Waals surface area contributed by atoms with Crippen molar-refractivity contribution in [2.45, 2.75) is 113 Å². The summed E-state index contributed by atoms with van der Waals surface area (Å²) < 4.78 is 20.8. The predicted molar refractivity (Wildman–Crippen MR) is 184 cm³/mol. The largest absolute Gasteiger partial charge is 0.459 e. The van der Waals surface area contributed by atoms with Crippen LogP contribution in [0.4, 0.5) is 0 Å². The van der Waals surface area contributed by atoms with Gasteiger partial charge in [0.1, 0.15) is 30.4 Å². The molecule has 0 aromatic carbocycles. The molecule has 44 heavy (non-hydrogen) atoms. The molecular weight excluding hydrogens is 676 g/mol. The molecule has 3 saturated heterocycles. The topological polar surface area (TPSA) is 68.4 Å². The average Bonchev–Trinajstić information content (AvgIpc) is 3.28. The molecule has 0 N–H and O–H groups in total. The van der Waals surface area contributed by atoms with Gasteiger partial charge in [0.15, 0.2) is 8.32 Å². The highest BCUT2D eigenvalue weighted by molar-refractivity contribution is 9.09. The zero-order valence-corrected chi connectivity index (χ0v) is 31.6. The molecule has 3 aliphatic heterocycles. The molecule has 4 atom stereocenters. The molecule has 2 bridgehead atoms. The SMILES string of the molecule is CN(CC[N+]1(C)C2CC(OC(=O)C(O[Si](C)(C)C(C)(C)C)(c3cccs3)c3cccs3)CC1C1OC12)C(=O)CCCCCBr. The number of esters is 1. The molecule has 3 aliphatic rings. The van der Waals surface area contributed by atoms with Crippen LogP contribution in [-0.2, 0) is 29.1 Å². The third-order valence-corrected chi connectivity index (χ3v) is 17.7. The number of amides is 1. The zero-order valence-electron chi connectivity index (χ0n) is 27.3. The predicted octanol–water partition coefficient (Wildman–Crippen LogP) is 7.16. The van der Waals surface area contributed by atoms with Gasteiger partial charge in [-0.2, -0.15) is 0 Å². The van der Waals surface area contributed by atoms with Crippen molar-refractivity contribution in [1.29, 1.82) is 0 Å². The van der Waals surface area contributed by atoms with E-state index in [1.165, 1.54) is 0 Å². The van der Waals surface area contributed by atoms with Crippen LogP contribution in [0.2, 0.25) is 18.1 Å². The van der Waals surface area contributed by atoms with E-state index in [4.69, 9.17) is 13.9 Å². The third-order valence-electron chi connectivity index (χ3n) is 10.7. The fourth-order valence-corrected chi connectivity index (χ4v) is 10.6. The first-order valence-electron chi connectivity index (χ1n) is 16.0. The number of likely N-dealkylation sites (N-methyl/N-ethyl adjacent to an activating group) is 2. The summed E-state index contributed by atoms with van der Waals surface area (Å²) in [6.07, 6.45) is 5.47. The number of quaternary nitrogens is 1. The van der Waals surface area contributed by atoms with Crippen molar-refractivity contribution in [1.82, 2.24) is 4.90 Å². The molecule has 0 aliphatic carbocycles. The molecule has 3 fully saturated rings. The summed E-state index contributed by atoms with van der Waals surface area (Å²) in [5.74, 6) is -0.0727. The summed E-state index contributed by atoms with van der Waals surface area (Å²) in [6.45, 7) is 12.6. The minimum absolute atomic E-state index is 0.0862. The van der Waals surface area contributed by atoms with Crippen molar-refractivity contribution in [3.8, 4) is 0 Å². The number of hydrogen-bond donors (Lipinski definition) is 0. The first-order chi connectivity index (χ1) is 20.7. The Morgan fingerprint density at radius 2 is 1.64 bits per heavy atom. The van der Waals surface area contributed by atoms with Crippen molar-refractivity contribution in [3.63, 3.8) is 0 Å². The minimum Gasteiger partial charge on any atom is -0.459 e. The van der Waals surface area contributed by atoms with Gasteiger partial charge in [-0.1, -0.05) is 55.3 Å². The third kappa shape index (κ3) is 6.53. The number of epoxide rings is 1. The van der Waals surface area contributed by atoms with Gasteiger partial charge >= 0.3 is 5.97 Å². The molecule has 1 amide bonds. The molecule has 5 rings (SSSR count). The van der Waals surface area contributed by atoms with Gasteiger partial charge in [-0.15, -0.1) is 22.7 Å². The van der Waals surface area contributed by atoms with Crippen LogP contribution in [0.5, 0.6) is 0 Å². The Bertz CT molecular complexity index is 1230. The van der Waals surface area contributed by atoms with E-state index >= 15 is 0 Å². The fraction of sp³-hybridized carbons (Fsp3) is 0.697. The van der Waals surface area contributed by atoms with Crippen molar-refractivity contribution in [3.05, 3.63) is 44.8 Å². The van der Waals surface area contributed by atoms with Crippen LogP contribution in [-0.4, -0.2) is 92.5 Å². The number of piperidine rings is 1. The fourth-order valence-electron chi connectivity index (χ4n) is 6.91. The number of fused-ring (bicyclic) bond motifs is 5. The summed E-state index contributed by atoms with van der Waals surface area (Å²) in [5.41, 5.74) is -1.28. The molecule has 244 valence electrons. The molecule has 11 heteroatoms. The van der Waals surface area contributed by atoms with Crippen molar-refractivity contribution in [2.24, 2.45) is 0 Å². The molecule has 0 radical (unpaired) electrons. The molecule has 2 aromatic rings. The lowest BCUT2D eigenvalue weighted by Crippen LogP contribution is -2.64. The minimum atomic E-state index is -2.41. The number of carbonyl (C=O) groups excluding carboxylic acids is 2. The number of unbranched alkanes of at least 4 members (excludes halogenated alkanes) is 2. The Hall–Kier alpha value is -1.08. The van der Waals surface area contributed by atoms with E-state index in [0.717, 1.165) is 64.8 Å². The molecule has 7 nitrogen and oxygen atoms in total. The van der Waals surface area contributed by atoms with E-state index in [0.29, 0.717) is 6.42 Å². The number of rotatable bonds is 14. The van der Waals surface area contributed by atoms with Crippen LogP contribution in [0.1, 0.15) is 69.1 Å². The Morgan fingerprint density at radius 1 is 1.05 bits per heavy atom. The van der Waals surface area contributed by atoms with Crippen LogP contribution in [0, 0.1) is 0 Å². The second kappa shape index (κ2) is 13.2. The second-order valence-electron chi connectivity index (χ2n) is 14.6. The van der Waals surface area contributed by atoms with Gasteiger partial charge in [0.2, 0.25) is 11.5 Å². The molecule has 0 saturated carbocycles. The first kappa shape index (κ1) is 34.3. The molecule has 2 aromatic heterocycles. The van der Waals surface area contributed by atoms with Crippen LogP contribution >= 0.6 is 38.6 Å². The van der Waals surface area contributed by atoms with E-state index < -0.39 is 13.9 Å². The smallest absolute Gasteiger partial charge is 0.348 e. The van der Waals surface area contributed by atoms with Crippen LogP contribution in [0.3, 0.4) is 0 Å². The van der Waals surface area contributed by atoms with Crippen molar-refractivity contribution in [2.75, 3.05) is 32.5 Å². The Morgan fingerprint density at radius 3 is 2.14 bits per heavy atom. The normalized spacial score (nSPS) is 28.0. The highest BCUT2D eigenvalue weighted by atomic mass is 79.9. The molecule has 4 unspecified atom stereocenters. The number of hydrogen-bond acceptors (Lipinski definition) is 7. The number of nitrogens with zero attached hydrogens (tertiary/aromatic N) is 2. The van der Waals surface area contributed by atoms with E-state index in [1.807, 2.05) is 47.0 Å². The zero-order chi connectivity index (χ0) is 31.9. The van der Waals surface area contributed by atoms with Crippen LogP contribution in [0.25, 0.3) is 0 Å². The Balaban J connectivity index is 1.32. The first-order valence-corrected chi connectivity index (χ1v) is 21.8. The number of ether oxygens (including phenoxy) is 2. The maximum absolute atomic E-state index is 14.6. The van der Waals surface area contributed by atoms with Gasteiger partial charge in [-0.05, 0) is 53.9 Å². The molecule has 0 spiro atoms. The van der Waals surface area contributed by atoms with E-state index in [9.17, 15) is 9.59 Å². The van der Waals surface area contributed by atoms with Gasteiger partial charge in [0.05, 0.1) is 29.9 Å². The summed E-state index contributed by atoms with van der Waals surface area (Å²) in [4.78, 5) is 31.1. The maximum atomic E-state index is 14.6. The van der Waals surface area contributed by atoms with E-state index in [1.54, 1.807) is 22.7 Å². The van der Waals surface area contributed by atoms with Crippen molar-refractivity contribution >= 4 is 58.8 Å². The second-order valence-corrected chi connectivity index (χ2v) is 22.0. The van der Waals surface area contributed by atoms with Crippen LogP contribution < -0.4 is 0 Å². The standard InChI is InChI=1S/C33H50BrN2O5S2Si/c1-32(2,3)44(6,7)41-33(26-13-11-19-42-26,27-14-12-20-43-27)31(38)39-23-21-24-29-30(40-29)25(22-23)36(24,5)18-17-35(4)28(37)15-9-8-10-16-34/h11-14,19-20,23-25,29-30H,8-10,15-18,21-22H2,1-7H3/q+1. The summed E-state index contributed by atoms with van der Waals surface area (Å²) in [5, 5.41) is 4.93. The maximum Gasteiger partial charge on any atom is 0.348 e. The highest BCUT2D eigenvalue weighted by Crippen LogP contribution is 2.53. The number of morpholine rings is 1. The van der Waals surface area contributed by atoms with Gasteiger partial charge in [-0.3, -0.25) is 4.79 Å². The number of thiophene rings is 2. The van der Waals surface area contributed by atoms with Crippen LogP contribution in [0.15, 0.2) is 35.0 Å². The van der Waals surface area contributed by atoms with E-state index in [2.05, 4.69) is 56.8 Å². The lowest BCUT2D eigenvalue weighted by Gasteiger charge is -2.49. The Labute approximate surface area is 281 Å². The quantitative estimate of drug-likeness (QED) is 0.0517. The number of carbonyl (C=O) groups is 2. The molecular formula is C33H50BrN2O5S2Si+. The van der Waals surface area contributed by atoms with Gasteiger partial charge < -0.3 is 23.3 Å². The average molecular weight is 727 g/mol. The number of alkyl halides is 1. The molecule has 5 heterocycles. The highest BCUT2D eigenvalue weighted by Gasteiger charge is 2.72. The van der Waals surface area contributed by atoms with Gasteiger partial charge in [-0.25, -0.2) is 4.79 Å². The van der Waals surface area contributed by atoms with E-state index in [-0.39, 0.29) is 47.3 Å². The lowest BCUT2D eigenvalue weighted by molar-refractivity contribution is -0.955. The number of halogens is 1. The summed E-state index contributed by atoms with van der Waals surface area (Å²) in [6, 6.07) is 8.50. The summed E-state index contributed by atoms with van der Waals surface area (Å²) >= 11 is 6.58. The summed E-state index contributed by atoms with van der Waals surface area (Å²) in [7, 11) is 1.84. The monoisotopic (exact) mass is 725 g/mol. The van der Waals surface area contributed by atoms with Gasteiger partial charge in [0.25, 0.3) is 0 Å². The van der Waals surface area contributed by atoms with Gasteiger partial charge in [0, 0.05) is 31.6 Å². The van der Waals surface area contributed by atoms with Crippen molar-refractivity contribution < 1.29 is 28.0 Å². The Kier molecular flexibility index (Phi) is 10.3. The lowest BCUT2D eigenvalue weighted by atomic mass is 9.94.